The van der Waals surface area contributed by atoms with Crippen LogP contribution < -0.4 is 15.8 Å². The van der Waals surface area contributed by atoms with Gasteiger partial charge in [0, 0.05) is 19.2 Å². The van der Waals surface area contributed by atoms with Crippen molar-refractivity contribution in [2.24, 2.45) is 0 Å². The molecule has 0 saturated heterocycles. The third-order valence-corrected chi connectivity index (χ3v) is 4.59. The lowest BCUT2D eigenvalue weighted by molar-refractivity contribution is -0.118. The van der Waals surface area contributed by atoms with Crippen molar-refractivity contribution in [1.29, 1.82) is 0 Å². The molecule has 0 aliphatic heterocycles. The molecule has 0 aliphatic rings. The van der Waals surface area contributed by atoms with Gasteiger partial charge in [0.05, 0.1) is 11.0 Å². The van der Waals surface area contributed by atoms with Crippen LogP contribution in [0, 0.1) is 12.7 Å². The summed E-state index contributed by atoms with van der Waals surface area (Å²) in [6, 6.07) is 10.9. The van der Waals surface area contributed by atoms with E-state index in [2.05, 4.69) is 10.3 Å². The van der Waals surface area contributed by atoms with Crippen LogP contribution in [0.25, 0.3) is 11.0 Å². The first-order valence-electron chi connectivity index (χ1n) is 9.14. The Labute approximate surface area is 166 Å². The first-order chi connectivity index (χ1) is 13.8. The van der Waals surface area contributed by atoms with E-state index in [0.29, 0.717) is 22.3 Å². The summed E-state index contributed by atoms with van der Waals surface area (Å²) in [4.78, 5) is 43.2. The van der Waals surface area contributed by atoms with Crippen molar-refractivity contribution in [3.8, 4) is 0 Å². The third-order valence-electron chi connectivity index (χ3n) is 4.59. The molecule has 0 bridgehead atoms. The summed E-state index contributed by atoms with van der Waals surface area (Å²) in [7, 11) is 1.48. The molecule has 0 unspecified atom stereocenters. The van der Waals surface area contributed by atoms with E-state index >= 15 is 0 Å². The predicted molar refractivity (Wildman–Crippen MR) is 109 cm³/mol. The maximum absolute atomic E-state index is 13.3. The number of aryl methyl sites for hydroxylation is 1. The predicted octanol–water partition coefficient (Wildman–Crippen LogP) is 2.86. The second-order valence-electron chi connectivity index (χ2n) is 6.63. The number of rotatable bonds is 5. The van der Waals surface area contributed by atoms with Gasteiger partial charge in [0.2, 0.25) is 17.6 Å². The highest BCUT2D eigenvalue weighted by atomic mass is 19.1. The molecule has 0 aliphatic carbocycles. The number of hydrogen-bond acceptors (Lipinski definition) is 4. The molecule has 1 N–H and O–H groups in total. The Morgan fingerprint density at radius 3 is 2.62 bits per heavy atom. The van der Waals surface area contributed by atoms with E-state index in [1.54, 1.807) is 38.1 Å². The number of anilines is 2. The number of hydrogen-bond donors (Lipinski definition) is 1. The average molecular weight is 396 g/mol. The molecule has 0 atom stereocenters. The average Bonchev–Trinajstić information content (AvgIpc) is 2.70. The number of carbonyl (C=O) groups is 2. The highest BCUT2D eigenvalue weighted by Crippen LogP contribution is 2.17. The molecule has 29 heavy (non-hydrogen) atoms. The lowest BCUT2D eigenvalue weighted by Gasteiger charge is -2.18. The van der Waals surface area contributed by atoms with E-state index in [4.69, 9.17) is 0 Å². The van der Waals surface area contributed by atoms with Crippen LogP contribution in [0.2, 0.25) is 0 Å². The second-order valence-corrected chi connectivity index (χ2v) is 6.63. The highest BCUT2D eigenvalue weighted by molar-refractivity contribution is 5.94. The van der Waals surface area contributed by atoms with Crippen molar-refractivity contribution in [2.75, 3.05) is 17.3 Å². The Bertz CT molecular complexity index is 1160. The fourth-order valence-electron chi connectivity index (χ4n) is 3.01. The van der Waals surface area contributed by atoms with Gasteiger partial charge in [-0.05, 0) is 42.8 Å². The number of aromatic nitrogens is 2. The van der Waals surface area contributed by atoms with E-state index < -0.39 is 17.3 Å². The molecule has 0 saturated carbocycles. The fourth-order valence-corrected chi connectivity index (χ4v) is 3.01. The summed E-state index contributed by atoms with van der Waals surface area (Å²) in [5, 5.41) is 2.69. The standard InChI is InChI=1S/C21H21FN4O3/c1-4-19(28)25(3)20-21(29)26(17-8-6-5-7-16(17)24-20)12-18(27)23-15-10-9-14(22)11-13(15)2/h5-11H,4,12H2,1-3H3,(H,23,27). The molecular weight excluding hydrogens is 375 g/mol. The number of nitrogens with zero attached hydrogens (tertiary/aromatic N) is 3. The van der Waals surface area contributed by atoms with Crippen molar-refractivity contribution < 1.29 is 14.0 Å². The van der Waals surface area contributed by atoms with Crippen LogP contribution in [-0.4, -0.2) is 28.4 Å². The normalized spacial score (nSPS) is 10.8. The first kappa shape index (κ1) is 20.2. The number of benzene rings is 2. The Kier molecular flexibility index (Phi) is 5.72. The van der Waals surface area contributed by atoms with Crippen molar-refractivity contribution in [1.82, 2.24) is 9.55 Å². The molecule has 1 aromatic heterocycles. The molecule has 3 rings (SSSR count). The van der Waals surface area contributed by atoms with Crippen LogP contribution in [0.1, 0.15) is 18.9 Å². The van der Waals surface area contributed by atoms with Gasteiger partial charge in [0.1, 0.15) is 12.4 Å². The summed E-state index contributed by atoms with van der Waals surface area (Å²) in [6.45, 7) is 3.09. The van der Waals surface area contributed by atoms with Crippen molar-refractivity contribution >= 4 is 34.4 Å². The van der Waals surface area contributed by atoms with E-state index in [0.717, 1.165) is 0 Å². The fraction of sp³-hybridized carbons (Fsp3) is 0.238. The maximum atomic E-state index is 13.3. The zero-order valence-electron chi connectivity index (χ0n) is 16.4. The molecule has 1 heterocycles. The number of amides is 2. The van der Waals surface area contributed by atoms with E-state index in [9.17, 15) is 18.8 Å². The smallest absolute Gasteiger partial charge is 0.294 e. The molecule has 0 fully saturated rings. The molecule has 7 nitrogen and oxygen atoms in total. The summed E-state index contributed by atoms with van der Waals surface area (Å²) >= 11 is 0. The Balaban J connectivity index is 2.01. The summed E-state index contributed by atoms with van der Waals surface area (Å²) < 4.78 is 14.6. The van der Waals surface area contributed by atoms with Crippen molar-refractivity contribution in [2.45, 2.75) is 26.8 Å². The number of nitrogens with one attached hydrogen (secondary N) is 1. The molecule has 0 radical (unpaired) electrons. The van der Waals surface area contributed by atoms with Gasteiger partial charge in [-0.25, -0.2) is 9.37 Å². The molecule has 2 amide bonds. The Hall–Kier alpha value is -3.55. The third kappa shape index (κ3) is 4.16. The van der Waals surface area contributed by atoms with Crippen molar-refractivity contribution in [3.63, 3.8) is 0 Å². The van der Waals surface area contributed by atoms with Crippen LogP contribution in [0.15, 0.2) is 47.3 Å². The largest absolute Gasteiger partial charge is 0.324 e. The quantitative estimate of drug-likeness (QED) is 0.719. The Morgan fingerprint density at radius 2 is 1.93 bits per heavy atom. The topological polar surface area (TPSA) is 84.3 Å². The SMILES string of the molecule is CCC(=O)N(C)c1nc2ccccc2n(CC(=O)Nc2ccc(F)cc2C)c1=O. The van der Waals surface area contributed by atoms with Gasteiger partial charge >= 0.3 is 0 Å². The lowest BCUT2D eigenvalue weighted by Crippen LogP contribution is -2.36. The zero-order chi connectivity index (χ0) is 21.1. The molecule has 0 spiro atoms. The van der Waals surface area contributed by atoms with Gasteiger partial charge in [-0.3, -0.25) is 23.9 Å². The zero-order valence-corrected chi connectivity index (χ0v) is 16.4. The summed E-state index contributed by atoms with van der Waals surface area (Å²) in [6.07, 6.45) is 0.217. The minimum Gasteiger partial charge on any atom is -0.324 e. The molecule has 8 heteroatoms. The first-order valence-corrected chi connectivity index (χ1v) is 9.14. The summed E-state index contributed by atoms with van der Waals surface area (Å²) in [5.41, 5.74) is 1.45. The van der Waals surface area contributed by atoms with Gasteiger partial charge in [-0.15, -0.1) is 0 Å². The van der Waals surface area contributed by atoms with Crippen LogP contribution in [0.3, 0.4) is 0 Å². The molecular formula is C21H21FN4O3. The number of fused-ring (bicyclic) bond motifs is 1. The van der Waals surface area contributed by atoms with Crippen LogP contribution in [-0.2, 0) is 16.1 Å². The van der Waals surface area contributed by atoms with Crippen LogP contribution >= 0.6 is 0 Å². The van der Waals surface area contributed by atoms with Crippen LogP contribution in [0.5, 0.6) is 0 Å². The molecule has 150 valence electrons. The second kappa shape index (κ2) is 8.22. The maximum Gasteiger partial charge on any atom is 0.294 e. The number of para-hydroxylation sites is 2. The Morgan fingerprint density at radius 1 is 1.21 bits per heavy atom. The molecule has 3 aromatic rings. The minimum absolute atomic E-state index is 0.0405. The van der Waals surface area contributed by atoms with Crippen molar-refractivity contribution in [3.05, 3.63) is 64.2 Å². The number of halogens is 1. The van der Waals surface area contributed by atoms with Gasteiger partial charge in [0.15, 0.2) is 0 Å². The van der Waals surface area contributed by atoms with Gasteiger partial charge in [-0.2, -0.15) is 0 Å². The summed E-state index contributed by atoms with van der Waals surface area (Å²) in [5.74, 6) is -1.15. The van der Waals surface area contributed by atoms with E-state index in [1.165, 1.54) is 34.7 Å². The van der Waals surface area contributed by atoms with Gasteiger partial charge < -0.3 is 5.32 Å². The van der Waals surface area contributed by atoms with E-state index in [-0.39, 0.29) is 24.7 Å². The van der Waals surface area contributed by atoms with Gasteiger partial charge in [0.25, 0.3) is 5.56 Å². The minimum atomic E-state index is -0.543. The van der Waals surface area contributed by atoms with Gasteiger partial charge in [-0.1, -0.05) is 19.1 Å². The lowest BCUT2D eigenvalue weighted by atomic mass is 10.2. The molecule has 2 aromatic carbocycles. The van der Waals surface area contributed by atoms with E-state index in [1.807, 2.05) is 0 Å². The van der Waals surface area contributed by atoms with Crippen LogP contribution in [0.4, 0.5) is 15.9 Å². The number of carbonyl (C=O) groups excluding carboxylic acids is 2. The highest BCUT2D eigenvalue weighted by Gasteiger charge is 2.19. The monoisotopic (exact) mass is 396 g/mol.